The first-order chi connectivity index (χ1) is 10.8. The lowest BCUT2D eigenvalue weighted by molar-refractivity contribution is -0.124. The Kier molecular flexibility index (Phi) is 4.56. The predicted molar refractivity (Wildman–Crippen MR) is 83.3 cm³/mol. The first-order valence-corrected chi connectivity index (χ1v) is 7.21. The molecule has 1 saturated heterocycles. The average Bonchev–Trinajstić information content (AvgIpc) is 2.94. The summed E-state index contributed by atoms with van der Waals surface area (Å²) in [5.74, 6) is 0.535. The van der Waals surface area contributed by atoms with Crippen LogP contribution in [-0.2, 0) is 9.53 Å². The van der Waals surface area contributed by atoms with Gasteiger partial charge in [0.15, 0.2) is 6.79 Å². The molecule has 1 aliphatic heterocycles. The molecule has 0 aliphatic carbocycles. The molecule has 5 nitrogen and oxygen atoms in total. The van der Waals surface area contributed by atoms with Gasteiger partial charge in [-0.15, -0.1) is 0 Å². The summed E-state index contributed by atoms with van der Waals surface area (Å²) in [6.45, 7) is 1.06. The normalized spacial score (nSPS) is 17.4. The van der Waals surface area contributed by atoms with Crippen LogP contribution in [0.15, 0.2) is 60.7 Å². The Balaban J connectivity index is 1.44. The quantitative estimate of drug-likeness (QED) is 0.656. The van der Waals surface area contributed by atoms with E-state index in [2.05, 4.69) is 5.43 Å². The number of carbonyl (C=O) groups is 1. The van der Waals surface area contributed by atoms with Crippen molar-refractivity contribution >= 4 is 11.6 Å². The standard InChI is InChI=1S/C17H18N2O3/c20-17-14(11-19(18-17)15-7-3-1-4-8-15)12-21-13-22-16-9-5-2-6-10-16/h1-10,14H,11-13H2,(H,18,20). The van der Waals surface area contributed by atoms with Crippen molar-refractivity contribution in [2.75, 3.05) is 25.0 Å². The van der Waals surface area contributed by atoms with Crippen LogP contribution in [0, 0.1) is 5.92 Å². The zero-order chi connectivity index (χ0) is 15.2. The molecule has 1 N–H and O–H groups in total. The fraction of sp³-hybridized carbons (Fsp3) is 0.235. The first kappa shape index (κ1) is 14.4. The zero-order valence-corrected chi connectivity index (χ0v) is 12.1. The van der Waals surface area contributed by atoms with Crippen LogP contribution in [0.4, 0.5) is 5.69 Å². The molecule has 5 heteroatoms. The second-order valence-corrected chi connectivity index (χ2v) is 5.07. The highest BCUT2D eigenvalue weighted by molar-refractivity contribution is 5.84. The Labute approximate surface area is 129 Å². The van der Waals surface area contributed by atoms with E-state index in [1.165, 1.54) is 0 Å². The van der Waals surface area contributed by atoms with Gasteiger partial charge in [0.25, 0.3) is 0 Å². The number of nitrogens with one attached hydrogen (secondary N) is 1. The van der Waals surface area contributed by atoms with E-state index in [-0.39, 0.29) is 18.6 Å². The smallest absolute Gasteiger partial charge is 0.245 e. The summed E-state index contributed by atoms with van der Waals surface area (Å²) in [5, 5.41) is 1.84. The summed E-state index contributed by atoms with van der Waals surface area (Å²) in [6.07, 6.45) is 0. The number of hydrogen-bond donors (Lipinski definition) is 1. The second kappa shape index (κ2) is 6.95. The summed E-state index contributed by atoms with van der Waals surface area (Å²) in [7, 11) is 0. The van der Waals surface area contributed by atoms with Crippen molar-refractivity contribution in [3.63, 3.8) is 0 Å². The Bertz CT molecular complexity index is 604. The summed E-state index contributed by atoms with van der Waals surface area (Å²) in [4.78, 5) is 11.9. The number of anilines is 1. The predicted octanol–water partition coefficient (Wildman–Crippen LogP) is 2.21. The van der Waals surface area contributed by atoms with Gasteiger partial charge < -0.3 is 9.47 Å². The minimum atomic E-state index is -0.195. The third-order valence-corrected chi connectivity index (χ3v) is 3.46. The number of nitrogens with zero attached hydrogens (tertiary/aromatic N) is 1. The molecule has 0 saturated carbocycles. The summed E-state index contributed by atoms with van der Waals surface area (Å²) < 4.78 is 10.9. The first-order valence-electron chi connectivity index (χ1n) is 7.21. The number of amides is 1. The second-order valence-electron chi connectivity index (χ2n) is 5.07. The molecule has 1 unspecified atom stereocenters. The molecule has 1 atom stereocenters. The highest BCUT2D eigenvalue weighted by Gasteiger charge is 2.30. The Morgan fingerprint density at radius 2 is 1.73 bits per heavy atom. The molecule has 0 aromatic heterocycles. The van der Waals surface area contributed by atoms with Gasteiger partial charge in [0, 0.05) is 0 Å². The van der Waals surface area contributed by atoms with Gasteiger partial charge in [-0.1, -0.05) is 36.4 Å². The molecule has 1 amide bonds. The van der Waals surface area contributed by atoms with Gasteiger partial charge in [-0.3, -0.25) is 15.2 Å². The van der Waals surface area contributed by atoms with Crippen molar-refractivity contribution in [1.29, 1.82) is 0 Å². The number of ether oxygens (including phenoxy) is 2. The van der Waals surface area contributed by atoms with Crippen molar-refractivity contribution in [2.45, 2.75) is 0 Å². The SMILES string of the molecule is O=C1NN(c2ccccc2)CC1COCOc1ccccc1. The summed E-state index contributed by atoms with van der Waals surface area (Å²) >= 11 is 0. The monoisotopic (exact) mass is 298 g/mol. The van der Waals surface area contributed by atoms with Gasteiger partial charge in [0.1, 0.15) is 5.75 Å². The van der Waals surface area contributed by atoms with E-state index in [1.54, 1.807) is 0 Å². The number of carbonyl (C=O) groups excluding carboxylic acids is 1. The molecule has 114 valence electrons. The molecule has 0 spiro atoms. The van der Waals surface area contributed by atoms with Crippen LogP contribution in [0.2, 0.25) is 0 Å². The van der Waals surface area contributed by atoms with Crippen LogP contribution in [0.1, 0.15) is 0 Å². The molecule has 1 fully saturated rings. The van der Waals surface area contributed by atoms with Crippen molar-refractivity contribution in [1.82, 2.24) is 5.43 Å². The van der Waals surface area contributed by atoms with Gasteiger partial charge in [-0.05, 0) is 24.3 Å². The number of benzene rings is 2. The highest BCUT2D eigenvalue weighted by Crippen LogP contribution is 2.18. The van der Waals surface area contributed by atoms with Gasteiger partial charge in [0.2, 0.25) is 5.91 Å². The maximum atomic E-state index is 11.9. The largest absolute Gasteiger partial charge is 0.468 e. The molecule has 2 aromatic rings. The lowest BCUT2D eigenvalue weighted by Gasteiger charge is -2.17. The maximum absolute atomic E-state index is 11.9. The zero-order valence-electron chi connectivity index (χ0n) is 12.1. The van der Waals surface area contributed by atoms with Crippen LogP contribution >= 0.6 is 0 Å². The van der Waals surface area contributed by atoms with Crippen LogP contribution in [0.25, 0.3) is 0 Å². The molecule has 0 radical (unpaired) electrons. The molecule has 3 rings (SSSR count). The molecule has 1 heterocycles. The molecule has 22 heavy (non-hydrogen) atoms. The minimum Gasteiger partial charge on any atom is -0.468 e. The fourth-order valence-electron chi connectivity index (χ4n) is 2.30. The molecule has 1 aliphatic rings. The van der Waals surface area contributed by atoms with Crippen molar-refractivity contribution < 1.29 is 14.3 Å². The minimum absolute atomic E-state index is 0.0245. The van der Waals surface area contributed by atoms with Gasteiger partial charge in [-0.2, -0.15) is 0 Å². The third kappa shape index (κ3) is 3.56. The molecule has 2 aromatic carbocycles. The van der Waals surface area contributed by atoms with Gasteiger partial charge >= 0.3 is 0 Å². The maximum Gasteiger partial charge on any atom is 0.245 e. The average molecular weight is 298 g/mol. The van der Waals surface area contributed by atoms with E-state index in [0.29, 0.717) is 13.2 Å². The lowest BCUT2D eigenvalue weighted by atomic mass is 10.1. The van der Waals surface area contributed by atoms with E-state index in [4.69, 9.17) is 9.47 Å². The van der Waals surface area contributed by atoms with E-state index in [9.17, 15) is 4.79 Å². The number of para-hydroxylation sites is 2. The van der Waals surface area contributed by atoms with Crippen LogP contribution in [0.5, 0.6) is 5.75 Å². The van der Waals surface area contributed by atoms with E-state index < -0.39 is 0 Å². The van der Waals surface area contributed by atoms with E-state index in [0.717, 1.165) is 11.4 Å². The number of hydrogen-bond acceptors (Lipinski definition) is 4. The number of hydrazine groups is 1. The van der Waals surface area contributed by atoms with Gasteiger partial charge in [0.05, 0.1) is 24.8 Å². The topological polar surface area (TPSA) is 50.8 Å². The summed E-state index contributed by atoms with van der Waals surface area (Å²) in [5.41, 5.74) is 3.82. The van der Waals surface area contributed by atoms with E-state index >= 15 is 0 Å². The van der Waals surface area contributed by atoms with Crippen molar-refractivity contribution in [3.05, 3.63) is 60.7 Å². The van der Waals surface area contributed by atoms with Crippen molar-refractivity contribution in [2.24, 2.45) is 5.92 Å². The molecular formula is C17H18N2O3. The van der Waals surface area contributed by atoms with E-state index in [1.807, 2.05) is 65.7 Å². The fourth-order valence-corrected chi connectivity index (χ4v) is 2.30. The molecule has 0 bridgehead atoms. The Morgan fingerprint density at radius 3 is 2.45 bits per heavy atom. The van der Waals surface area contributed by atoms with Crippen molar-refractivity contribution in [3.8, 4) is 5.75 Å². The van der Waals surface area contributed by atoms with Gasteiger partial charge in [-0.25, -0.2) is 0 Å². The number of rotatable bonds is 6. The van der Waals surface area contributed by atoms with Crippen LogP contribution in [-0.4, -0.2) is 25.9 Å². The molecular weight excluding hydrogens is 280 g/mol. The third-order valence-electron chi connectivity index (χ3n) is 3.46. The van der Waals surface area contributed by atoms with Crippen LogP contribution in [0.3, 0.4) is 0 Å². The Morgan fingerprint density at radius 1 is 1.05 bits per heavy atom. The summed E-state index contributed by atoms with van der Waals surface area (Å²) in [6, 6.07) is 19.2. The lowest BCUT2D eigenvalue weighted by Crippen LogP contribution is -2.32. The van der Waals surface area contributed by atoms with Crippen LogP contribution < -0.4 is 15.2 Å². The highest BCUT2D eigenvalue weighted by atomic mass is 16.7. The Hall–Kier alpha value is -2.53.